The number of carbonyl (C=O) groups excluding carboxylic acids is 1. The monoisotopic (exact) mass is 231 g/mol. The van der Waals surface area contributed by atoms with E-state index >= 15 is 0 Å². The van der Waals surface area contributed by atoms with Crippen LogP contribution in [-0.2, 0) is 0 Å². The highest BCUT2D eigenvalue weighted by Gasteiger charge is 2.05. The van der Waals surface area contributed by atoms with Crippen LogP contribution >= 0.6 is 0 Å². The molecule has 0 aliphatic carbocycles. The molecule has 1 unspecified atom stereocenters. The van der Waals surface area contributed by atoms with Crippen molar-refractivity contribution in [2.75, 3.05) is 33.3 Å². The molecule has 0 saturated heterocycles. The maximum atomic E-state index is 11.3. The highest BCUT2D eigenvalue weighted by molar-refractivity contribution is 5.74. The molecule has 1 atom stereocenters. The number of carbonyl (C=O) groups is 1. The lowest BCUT2D eigenvalue weighted by Gasteiger charge is -2.17. The molecule has 0 aromatic rings. The summed E-state index contributed by atoms with van der Waals surface area (Å²) in [6, 6.07) is -0.414. The topological polar surface area (TPSA) is 64.6 Å². The van der Waals surface area contributed by atoms with Crippen molar-refractivity contribution in [3.8, 4) is 0 Å². The van der Waals surface area contributed by atoms with E-state index in [1.54, 1.807) is 6.92 Å². The summed E-state index contributed by atoms with van der Waals surface area (Å²) in [6.07, 6.45) is 2.37. The molecule has 16 heavy (non-hydrogen) atoms. The Bertz CT molecular complexity index is 188. The summed E-state index contributed by atoms with van der Waals surface area (Å²) < 4.78 is 0. The van der Waals surface area contributed by atoms with E-state index in [2.05, 4.69) is 22.5 Å². The SMILES string of the molecule is CCCCN(C)CCNC(=O)NC(C)CO. The van der Waals surface area contributed by atoms with Crippen LogP contribution in [0.2, 0.25) is 0 Å². The predicted octanol–water partition coefficient (Wildman–Crippen LogP) is 0.398. The molecule has 96 valence electrons. The minimum atomic E-state index is -0.217. The highest BCUT2D eigenvalue weighted by Crippen LogP contribution is 1.90. The second-order valence-corrected chi connectivity index (χ2v) is 4.14. The Morgan fingerprint density at radius 3 is 2.69 bits per heavy atom. The minimum absolute atomic E-state index is 0.0379. The lowest BCUT2D eigenvalue weighted by atomic mass is 10.3. The third-order valence-electron chi connectivity index (χ3n) is 2.32. The van der Waals surface area contributed by atoms with Crippen molar-refractivity contribution < 1.29 is 9.90 Å². The first-order valence-corrected chi connectivity index (χ1v) is 5.93. The number of hydrogen-bond donors (Lipinski definition) is 3. The number of urea groups is 1. The number of nitrogens with zero attached hydrogens (tertiary/aromatic N) is 1. The highest BCUT2D eigenvalue weighted by atomic mass is 16.3. The molecule has 3 N–H and O–H groups in total. The van der Waals surface area contributed by atoms with Crippen molar-refractivity contribution in [2.45, 2.75) is 32.7 Å². The van der Waals surface area contributed by atoms with E-state index in [4.69, 9.17) is 5.11 Å². The maximum Gasteiger partial charge on any atom is 0.315 e. The molecule has 0 aliphatic heterocycles. The molecule has 0 fully saturated rings. The number of aliphatic hydroxyl groups excluding tert-OH is 1. The van der Waals surface area contributed by atoms with E-state index in [0.717, 1.165) is 13.1 Å². The standard InChI is InChI=1S/C11H25N3O2/c1-4-5-7-14(3)8-6-12-11(16)13-10(2)9-15/h10,15H,4-9H2,1-3H3,(H2,12,13,16). The Hall–Kier alpha value is -0.810. The van der Waals surface area contributed by atoms with Crippen molar-refractivity contribution in [3.63, 3.8) is 0 Å². The van der Waals surface area contributed by atoms with Gasteiger partial charge in [0, 0.05) is 13.1 Å². The van der Waals surface area contributed by atoms with E-state index in [0.29, 0.717) is 6.54 Å². The molecule has 0 bridgehead atoms. The Kier molecular flexibility index (Phi) is 8.94. The van der Waals surface area contributed by atoms with Crippen LogP contribution in [0.15, 0.2) is 0 Å². The van der Waals surface area contributed by atoms with Crippen LogP contribution in [0.3, 0.4) is 0 Å². The fraction of sp³-hybridized carbons (Fsp3) is 0.909. The van der Waals surface area contributed by atoms with Crippen LogP contribution in [0.1, 0.15) is 26.7 Å². The summed E-state index contributed by atoms with van der Waals surface area (Å²) in [5, 5.41) is 14.1. The smallest absolute Gasteiger partial charge is 0.315 e. The number of amides is 2. The minimum Gasteiger partial charge on any atom is -0.394 e. The van der Waals surface area contributed by atoms with E-state index < -0.39 is 0 Å². The van der Waals surface area contributed by atoms with Gasteiger partial charge in [0.25, 0.3) is 0 Å². The van der Waals surface area contributed by atoms with Crippen LogP contribution in [-0.4, -0.2) is 55.4 Å². The number of rotatable bonds is 8. The van der Waals surface area contributed by atoms with Crippen molar-refractivity contribution in [3.05, 3.63) is 0 Å². The van der Waals surface area contributed by atoms with Gasteiger partial charge in [0.05, 0.1) is 12.6 Å². The van der Waals surface area contributed by atoms with Gasteiger partial charge in [-0.15, -0.1) is 0 Å². The normalized spacial score (nSPS) is 12.6. The van der Waals surface area contributed by atoms with Gasteiger partial charge in [-0.1, -0.05) is 13.3 Å². The van der Waals surface area contributed by atoms with E-state index in [9.17, 15) is 4.79 Å². The van der Waals surface area contributed by atoms with Crippen molar-refractivity contribution >= 4 is 6.03 Å². The zero-order valence-electron chi connectivity index (χ0n) is 10.6. The molecule has 0 rings (SSSR count). The van der Waals surface area contributed by atoms with Gasteiger partial charge in [0.2, 0.25) is 0 Å². The predicted molar refractivity (Wildman–Crippen MR) is 65.5 cm³/mol. The molecule has 2 amide bonds. The van der Waals surface area contributed by atoms with Gasteiger partial charge in [-0.25, -0.2) is 4.79 Å². The Balaban J connectivity index is 3.46. The second-order valence-electron chi connectivity index (χ2n) is 4.14. The average molecular weight is 231 g/mol. The summed E-state index contributed by atoms with van der Waals surface area (Å²) in [5.74, 6) is 0. The van der Waals surface area contributed by atoms with Crippen molar-refractivity contribution in [2.24, 2.45) is 0 Å². The number of likely N-dealkylation sites (N-methyl/N-ethyl adjacent to an activating group) is 1. The molecule has 0 spiro atoms. The second kappa shape index (κ2) is 9.42. The van der Waals surface area contributed by atoms with Crippen molar-refractivity contribution in [1.29, 1.82) is 0 Å². The van der Waals surface area contributed by atoms with E-state index in [-0.39, 0.29) is 18.7 Å². The Labute approximate surface area is 98.2 Å². The number of hydrogen-bond acceptors (Lipinski definition) is 3. The van der Waals surface area contributed by atoms with Crippen LogP contribution < -0.4 is 10.6 Å². The zero-order valence-corrected chi connectivity index (χ0v) is 10.6. The number of aliphatic hydroxyl groups is 1. The van der Waals surface area contributed by atoms with Crippen LogP contribution in [0, 0.1) is 0 Å². The third kappa shape index (κ3) is 8.49. The summed E-state index contributed by atoms with van der Waals surface area (Å²) in [6.45, 7) is 6.42. The summed E-state index contributed by atoms with van der Waals surface area (Å²) in [7, 11) is 2.05. The zero-order chi connectivity index (χ0) is 12.4. The largest absolute Gasteiger partial charge is 0.394 e. The summed E-state index contributed by atoms with van der Waals surface area (Å²) >= 11 is 0. The van der Waals surface area contributed by atoms with Crippen molar-refractivity contribution in [1.82, 2.24) is 15.5 Å². The van der Waals surface area contributed by atoms with E-state index in [1.165, 1.54) is 12.8 Å². The molecule has 0 aromatic heterocycles. The fourth-order valence-electron chi connectivity index (χ4n) is 1.22. The van der Waals surface area contributed by atoms with Gasteiger partial charge >= 0.3 is 6.03 Å². The first-order valence-electron chi connectivity index (χ1n) is 5.93. The van der Waals surface area contributed by atoms with Gasteiger partial charge in [0.1, 0.15) is 0 Å². The lowest BCUT2D eigenvalue weighted by Crippen LogP contribution is -2.44. The average Bonchev–Trinajstić information content (AvgIpc) is 2.26. The molecule has 0 saturated carbocycles. The van der Waals surface area contributed by atoms with Crippen LogP contribution in [0.5, 0.6) is 0 Å². The molecule has 0 heterocycles. The quantitative estimate of drug-likeness (QED) is 0.566. The number of unbranched alkanes of at least 4 members (excludes halogenated alkanes) is 1. The summed E-state index contributed by atoms with van der Waals surface area (Å²) in [4.78, 5) is 13.4. The third-order valence-corrected chi connectivity index (χ3v) is 2.32. The van der Waals surface area contributed by atoms with Gasteiger partial charge in [0.15, 0.2) is 0 Å². The lowest BCUT2D eigenvalue weighted by molar-refractivity contribution is 0.219. The molecule has 0 aromatic carbocycles. The van der Waals surface area contributed by atoms with E-state index in [1.807, 2.05) is 7.05 Å². The maximum absolute atomic E-state index is 11.3. The molecular weight excluding hydrogens is 206 g/mol. The number of nitrogens with one attached hydrogen (secondary N) is 2. The first-order chi connectivity index (χ1) is 7.60. The van der Waals surface area contributed by atoms with Gasteiger partial charge < -0.3 is 20.6 Å². The molecule has 0 aliphatic rings. The van der Waals surface area contributed by atoms with Crippen LogP contribution in [0.25, 0.3) is 0 Å². The fourth-order valence-corrected chi connectivity index (χ4v) is 1.22. The molecule has 5 heteroatoms. The first kappa shape index (κ1) is 15.2. The Morgan fingerprint density at radius 1 is 1.44 bits per heavy atom. The van der Waals surface area contributed by atoms with Gasteiger partial charge in [-0.3, -0.25) is 0 Å². The Morgan fingerprint density at radius 2 is 2.12 bits per heavy atom. The van der Waals surface area contributed by atoms with Crippen LogP contribution in [0.4, 0.5) is 4.79 Å². The van der Waals surface area contributed by atoms with Gasteiger partial charge in [-0.2, -0.15) is 0 Å². The molecular formula is C11H25N3O2. The molecule has 5 nitrogen and oxygen atoms in total. The summed E-state index contributed by atoms with van der Waals surface area (Å²) in [5.41, 5.74) is 0. The molecule has 0 radical (unpaired) electrons. The van der Waals surface area contributed by atoms with Gasteiger partial charge in [-0.05, 0) is 26.9 Å².